The van der Waals surface area contributed by atoms with E-state index in [0.29, 0.717) is 11.6 Å². The van der Waals surface area contributed by atoms with Crippen molar-refractivity contribution in [2.24, 2.45) is 0 Å². The van der Waals surface area contributed by atoms with Crippen LogP contribution in [0.1, 0.15) is 25.0 Å². The van der Waals surface area contributed by atoms with Crippen molar-refractivity contribution in [3.8, 4) is 135 Å². The average Bonchev–Trinajstić information content (AvgIpc) is 1.60. The first kappa shape index (κ1) is 74.2. The summed E-state index contributed by atoms with van der Waals surface area (Å²) in [6, 6.07) is 161. The molecule has 0 spiro atoms. The Morgan fingerprint density at radius 2 is 0.433 bits per heavy atom. The lowest BCUT2D eigenvalue weighted by Gasteiger charge is -2.22. The van der Waals surface area contributed by atoms with Gasteiger partial charge in [-0.15, -0.1) is 0 Å². The van der Waals surface area contributed by atoms with Gasteiger partial charge in [0.05, 0.1) is 66.9 Å². The van der Waals surface area contributed by atoms with Crippen LogP contribution in [0.2, 0.25) is 0 Å². The molecular formula is C119H80N8. The highest BCUT2D eigenvalue weighted by Crippen LogP contribution is 2.51. The molecule has 25 rings (SSSR count). The first-order chi connectivity index (χ1) is 62.7. The molecule has 0 atom stereocenters. The molecular weight excluding hydrogens is 1540 g/mol. The number of fused-ring (bicyclic) bond motifs is 15. The molecule has 0 radical (unpaired) electrons. The zero-order chi connectivity index (χ0) is 84.2. The van der Waals surface area contributed by atoms with Gasteiger partial charge in [0.2, 0.25) is 0 Å². The Morgan fingerprint density at radius 3 is 0.827 bits per heavy atom. The largest absolute Gasteiger partial charge is 0.309 e. The van der Waals surface area contributed by atoms with Gasteiger partial charge in [0, 0.05) is 105 Å². The van der Waals surface area contributed by atoms with Crippen molar-refractivity contribution >= 4 is 87.2 Å². The minimum Gasteiger partial charge on any atom is -0.309 e. The number of hydrogen-bond donors (Lipinski definition) is 0. The second kappa shape index (κ2) is 30.4. The van der Waals surface area contributed by atoms with Crippen molar-refractivity contribution in [2.75, 3.05) is 0 Å². The molecule has 6 heterocycles. The molecule has 0 amide bonds. The molecule has 0 bridgehead atoms. The van der Waals surface area contributed by atoms with E-state index in [-0.39, 0.29) is 5.41 Å². The van der Waals surface area contributed by atoms with Gasteiger partial charge in [0.1, 0.15) is 0 Å². The third-order valence-corrected chi connectivity index (χ3v) is 25.9. The van der Waals surface area contributed by atoms with E-state index >= 15 is 0 Å². The van der Waals surface area contributed by atoms with Gasteiger partial charge in [-0.05, 0) is 201 Å². The van der Waals surface area contributed by atoms with Gasteiger partial charge in [-0.25, -0.2) is 19.9 Å². The van der Waals surface area contributed by atoms with Crippen LogP contribution in [0, 0.1) is 0 Å². The molecule has 8 nitrogen and oxygen atoms in total. The molecule has 1 aliphatic carbocycles. The van der Waals surface area contributed by atoms with E-state index in [1.807, 2.05) is 42.5 Å². The summed E-state index contributed by atoms with van der Waals surface area (Å²) in [5.74, 6) is 1.41. The van der Waals surface area contributed by atoms with Crippen LogP contribution in [-0.4, -0.2) is 38.2 Å². The third-order valence-electron chi connectivity index (χ3n) is 25.9. The number of para-hydroxylation sites is 6. The maximum atomic E-state index is 5.20. The average molecular weight is 1620 g/mol. The van der Waals surface area contributed by atoms with Gasteiger partial charge in [-0.3, -0.25) is 0 Å². The van der Waals surface area contributed by atoms with Gasteiger partial charge < -0.3 is 18.3 Å². The lowest BCUT2D eigenvalue weighted by Crippen LogP contribution is -2.14. The van der Waals surface area contributed by atoms with E-state index in [0.717, 1.165) is 78.8 Å². The molecule has 0 saturated carbocycles. The minimum atomic E-state index is -0.107. The van der Waals surface area contributed by atoms with E-state index in [1.54, 1.807) is 0 Å². The number of rotatable bonds is 13. The number of benzene rings is 18. The topological polar surface area (TPSA) is 71.3 Å². The zero-order valence-electron chi connectivity index (χ0n) is 69.8. The van der Waals surface area contributed by atoms with Crippen LogP contribution in [0.3, 0.4) is 0 Å². The molecule has 1 aliphatic rings. The molecule has 0 fully saturated rings. The van der Waals surface area contributed by atoms with Crippen molar-refractivity contribution in [2.45, 2.75) is 19.3 Å². The van der Waals surface area contributed by atoms with Gasteiger partial charge in [0.25, 0.3) is 0 Å². The summed E-state index contributed by atoms with van der Waals surface area (Å²) >= 11 is 0. The number of hydrogen-bond acceptors (Lipinski definition) is 4. The standard InChI is InChI=1S/C61H42N4.C58H38N4/c1-61(2)52-22-12-9-19-46(52)47-32-27-43(37-53(47)61)55-38-54(62-60(63-55)40-15-5-3-6-16-40)39-25-30-45(31-26-39)65-57-24-14-11-21-49(57)51-36-42(29-34-59(51)65)41-28-33-58-50(35-41)48-20-10-13-23-56(48)64(58)44-17-7-4-8-18-44;1-4-15-39(16-5-1)42-19-14-20-45(35-42)53-38-52(59-58(60-53)41-17-6-2-7-18-41)40-27-31-47(32-28-40)62-55-26-13-11-24-49(55)51-37-44(30-34-57(51)62)43-29-33-56-50(36-43)48-23-10-12-25-54(48)61(56)46-21-8-3-9-22-46/h3-38H,1-2H3;1-38H. The van der Waals surface area contributed by atoms with Gasteiger partial charge in [0.15, 0.2) is 11.6 Å². The van der Waals surface area contributed by atoms with Crippen LogP contribution in [0.15, 0.2) is 449 Å². The van der Waals surface area contributed by atoms with Crippen LogP contribution in [0.4, 0.5) is 0 Å². The molecule has 6 aromatic heterocycles. The third kappa shape index (κ3) is 12.8. The Morgan fingerprint density at radius 1 is 0.165 bits per heavy atom. The molecule has 0 saturated heterocycles. The lowest BCUT2D eigenvalue weighted by atomic mass is 9.82. The fourth-order valence-corrected chi connectivity index (χ4v) is 19.7. The summed E-state index contributed by atoms with van der Waals surface area (Å²) in [7, 11) is 0. The highest BCUT2D eigenvalue weighted by atomic mass is 15.0. The summed E-state index contributed by atoms with van der Waals surface area (Å²) < 4.78 is 9.51. The smallest absolute Gasteiger partial charge is 0.160 e. The molecule has 596 valence electrons. The molecule has 24 aromatic rings. The van der Waals surface area contributed by atoms with E-state index < -0.39 is 0 Å². The van der Waals surface area contributed by atoms with Crippen LogP contribution in [0.25, 0.3) is 222 Å². The second-order valence-corrected chi connectivity index (χ2v) is 33.6. The first-order valence-electron chi connectivity index (χ1n) is 43.5. The van der Waals surface area contributed by atoms with Crippen molar-refractivity contribution in [1.29, 1.82) is 0 Å². The summed E-state index contributed by atoms with van der Waals surface area (Å²) in [6.45, 7) is 4.65. The summed E-state index contributed by atoms with van der Waals surface area (Å²) in [5.41, 5.74) is 36.1. The number of nitrogens with zero attached hydrogens (tertiary/aromatic N) is 8. The van der Waals surface area contributed by atoms with E-state index in [1.165, 1.54) is 143 Å². The highest BCUT2D eigenvalue weighted by molar-refractivity contribution is 6.15. The number of aromatic nitrogens is 8. The monoisotopic (exact) mass is 1620 g/mol. The quantitative estimate of drug-likeness (QED) is 0.115. The molecule has 127 heavy (non-hydrogen) atoms. The van der Waals surface area contributed by atoms with Crippen molar-refractivity contribution < 1.29 is 0 Å². The van der Waals surface area contributed by atoms with E-state index in [9.17, 15) is 0 Å². The normalized spacial score (nSPS) is 12.2. The molecule has 0 unspecified atom stereocenters. The summed E-state index contributed by atoms with van der Waals surface area (Å²) in [6.07, 6.45) is 0. The summed E-state index contributed by atoms with van der Waals surface area (Å²) in [4.78, 5) is 20.7. The fourth-order valence-electron chi connectivity index (χ4n) is 19.7. The fraction of sp³-hybridized carbons (Fsp3) is 0.0252. The Labute approximate surface area is 734 Å². The van der Waals surface area contributed by atoms with Gasteiger partial charge in [-0.2, -0.15) is 0 Å². The molecule has 0 aliphatic heterocycles. The zero-order valence-corrected chi connectivity index (χ0v) is 69.8. The highest BCUT2D eigenvalue weighted by Gasteiger charge is 2.36. The van der Waals surface area contributed by atoms with Crippen LogP contribution < -0.4 is 0 Å². The predicted molar refractivity (Wildman–Crippen MR) is 528 cm³/mol. The Bertz CT molecular complexity index is 8430. The Balaban J connectivity index is 0.000000142. The van der Waals surface area contributed by atoms with Crippen molar-refractivity contribution in [3.63, 3.8) is 0 Å². The van der Waals surface area contributed by atoms with Crippen LogP contribution >= 0.6 is 0 Å². The van der Waals surface area contributed by atoms with Crippen LogP contribution in [0.5, 0.6) is 0 Å². The van der Waals surface area contributed by atoms with Gasteiger partial charge >= 0.3 is 0 Å². The summed E-state index contributed by atoms with van der Waals surface area (Å²) in [5, 5.41) is 9.89. The Kier molecular flexibility index (Phi) is 17.8. The molecule has 0 N–H and O–H groups in total. The lowest BCUT2D eigenvalue weighted by molar-refractivity contribution is 0.660. The molecule has 18 aromatic carbocycles. The molecule has 8 heteroatoms. The van der Waals surface area contributed by atoms with Crippen molar-refractivity contribution in [3.05, 3.63) is 460 Å². The first-order valence-corrected chi connectivity index (χ1v) is 43.5. The second-order valence-electron chi connectivity index (χ2n) is 33.6. The maximum Gasteiger partial charge on any atom is 0.160 e. The predicted octanol–water partition coefficient (Wildman–Crippen LogP) is 30.7. The van der Waals surface area contributed by atoms with E-state index in [2.05, 4.69) is 439 Å². The minimum absolute atomic E-state index is 0.107. The van der Waals surface area contributed by atoms with Crippen molar-refractivity contribution in [1.82, 2.24) is 38.2 Å². The van der Waals surface area contributed by atoms with Crippen LogP contribution in [-0.2, 0) is 5.41 Å². The Hall–Kier alpha value is -16.7. The van der Waals surface area contributed by atoms with Gasteiger partial charge in [-0.1, -0.05) is 317 Å². The van der Waals surface area contributed by atoms with E-state index in [4.69, 9.17) is 19.9 Å². The maximum absolute atomic E-state index is 5.20. The SMILES string of the molecule is CC1(C)c2ccccc2-c2ccc(-c3cc(-c4ccc(-n5c6ccccc6c6cc(-c7ccc8c(c7)c7ccccc7n8-c7ccccc7)ccc65)cc4)nc(-c4ccccc4)n3)cc21.c1ccc(-c2cccc(-c3cc(-c4ccc(-n5c6ccccc6c6cc(-c7ccc8c(c7)c7ccccc7n8-c7ccccc7)ccc65)cc4)nc(-c4ccccc4)n3)c2)cc1.